The zero-order valence-electron chi connectivity index (χ0n) is 12.6. The molecule has 0 saturated carbocycles. The lowest BCUT2D eigenvalue weighted by atomic mass is 10.4. The summed E-state index contributed by atoms with van der Waals surface area (Å²) in [5.74, 6) is 2.18. The number of aryl methyl sites for hydroxylation is 2. The van der Waals surface area contributed by atoms with Crippen LogP contribution in [0.1, 0.15) is 18.0 Å². The second kappa shape index (κ2) is 6.33. The average molecular weight is 339 g/mol. The Morgan fingerprint density at radius 1 is 1.45 bits per heavy atom. The van der Waals surface area contributed by atoms with E-state index in [0.29, 0.717) is 23.4 Å². The predicted molar refractivity (Wildman–Crippen MR) is 86.1 cm³/mol. The fourth-order valence-corrected chi connectivity index (χ4v) is 3.72. The topological polar surface area (TPSA) is 77.1 Å². The van der Waals surface area contributed by atoms with Crippen LogP contribution in [-0.4, -0.2) is 43.9 Å². The Bertz CT molecular complexity index is 684. The van der Waals surface area contributed by atoms with Gasteiger partial charge in [-0.2, -0.15) is 16.9 Å². The Kier molecular flexibility index (Phi) is 4.44. The van der Waals surface area contributed by atoms with Crippen molar-refractivity contribution in [1.29, 1.82) is 0 Å². The summed E-state index contributed by atoms with van der Waals surface area (Å²) in [4.78, 5) is 14.3. The van der Waals surface area contributed by atoms with Crippen molar-refractivity contribution in [1.82, 2.24) is 20.0 Å². The fourth-order valence-electron chi connectivity index (χ4n) is 2.43. The van der Waals surface area contributed by atoms with E-state index in [4.69, 9.17) is 4.42 Å². The summed E-state index contributed by atoms with van der Waals surface area (Å²) in [6.07, 6.45) is 2.74. The van der Waals surface area contributed by atoms with Gasteiger partial charge in [-0.05, 0) is 19.6 Å². The standard InChI is InChI=1S/C13H17N5O2S2/c1-8-6-11(17(2)16-8)18-5-4-9(12(18)19)22-13-15-14-10(20-13)7-21-3/h6,9H,4-5,7H2,1-3H3/t9-/m1/s1. The normalized spacial score (nSPS) is 18.4. The third-order valence-electron chi connectivity index (χ3n) is 3.37. The van der Waals surface area contributed by atoms with Crippen LogP contribution in [0.3, 0.4) is 0 Å². The number of hydrogen-bond acceptors (Lipinski definition) is 7. The lowest BCUT2D eigenvalue weighted by Gasteiger charge is -2.15. The molecule has 3 heterocycles. The molecule has 118 valence electrons. The minimum absolute atomic E-state index is 0.0672. The molecule has 1 atom stereocenters. The molecule has 1 aliphatic heterocycles. The zero-order chi connectivity index (χ0) is 15.7. The van der Waals surface area contributed by atoms with Crippen LogP contribution >= 0.6 is 23.5 Å². The van der Waals surface area contributed by atoms with E-state index in [9.17, 15) is 4.79 Å². The first kappa shape index (κ1) is 15.4. The van der Waals surface area contributed by atoms with Gasteiger partial charge in [-0.15, -0.1) is 10.2 Å². The smallest absolute Gasteiger partial charge is 0.277 e. The van der Waals surface area contributed by atoms with Gasteiger partial charge in [0.15, 0.2) is 0 Å². The number of amides is 1. The number of carbonyl (C=O) groups is 1. The molecule has 9 heteroatoms. The van der Waals surface area contributed by atoms with Crippen LogP contribution in [0.15, 0.2) is 15.7 Å². The van der Waals surface area contributed by atoms with Crippen LogP contribution in [0.25, 0.3) is 0 Å². The largest absolute Gasteiger partial charge is 0.415 e. The Hall–Kier alpha value is -1.48. The van der Waals surface area contributed by atoms with E-state index in [1.54, 1.807) is 21.3 Å². The molecule has 0 spiro atoms. The summed E-state index contributed by atoms with van der Waals surface area (Å²) in [5.41, 5.74) is 0.903. The third kappa shape index (κ3) is 3.00. The molecule has 2 aromatic heterocycles. The predicted octanol–water partition coefficient (Wildman–Crippen LogP) is 1.87. The van der Waals surface area contributed by atoms with E-state index in [1.165, 1.54) is 11.8 Å². The number of rotatable bonds is 5. The number of aromatic nitrogens is 4. The first-order valence-corrected chi connectivity index (χ1v) is 9.16. The number of nitrogens with zero attached hydrogens (tertiary/aromatic N) is 5. The molecule has 0 aromatic carbocycles. The second-order valence-electron chi connectivity index (χ2n) is 5.05. The van der Waals surface area contributed by atoms with E-state index in [1.807, 2.05) is 26.3 Å². The van der Waals surface area contributed by atoms with E-state index >= 15 is 0 Å². The van der Waals surface area contributed by atoms with Crippen molar-refractivity contribution < 1.29 is 9.21 Å². The van der Waals surface area contributed by atoms with Gasteiger partial charge in [-0.1, -0.05) is 11.8 Å². The van der Waals surface area contributed by atoms with Gasteiger partial charge in [0.2, 0.25) is 11.8 Å². The molecule has 3 rings (SSSR count). The van der Waals surface area contributed by atoms with Crippen LogP contribution < -0.4 is 4.90 Å². The molecular formula is C13H17N5O2S2. The van der Waals surface area contributed by atoms with E-state index < -0.39 is 0 Å². The fraction of sp³-hybridized carbons (Fsp3) is 0.538. The first-order valence-electron chi connectivity index (χ1n) is 6.88. The Labute approximate surface area is 136 Å². The van der Waals surface area contributed by atoms with E-state index in [2.05, 4.69) is 15.3 Å². The maximum atomic E-state index is 12.6. The molecule has 0 aliphatic carbocycles. The van der Waals surface area contributed by atoms with Gasteiger partial charge in [0.05, 0.1) is 16.7 Å². The van der Waals surface area contributed by atoms with E-state index in [0.717, 1.165) is 17.9 Å². The highest BCUT2D eigenvalue weighted by atomic mass is 32.2. The number of thioether (sulfide) groups is 2. The monoisotopic (exact) mass is 339 g/mol. The van der Waals surface area contributed by atoms with Crippen LogP contribution in [0.4, 0.5) is 5.82 Å². The summed E-state index contributed by atoms with van der Waals surface area (Å²) < 4.78 is 7.27. The summed E-state index contributed by atoms with van der Waals surface area (Å²) in [6, 6.07) is 1.92. The third-order valence-corrected chi connectivity index (χ3v) is 4.99. The molecule has 1 fully saturated rings. The maximum Gasteiger partial charge on any atom is 0.277 e. The highest BCUT2D eigenvalue weighted by Gasteiger charge is 2.36. The van der Waals surface area contributed by atoms with Crippen molar-refractivity contribution >= 4 is 35.2 Å². The molecule has 7 nitrogen and oxygen atoms in total. The number of carbonyl (C=O) groups excluding carboxylic acids is 1. The summed E-state index contributed by atoms with van der Waals surface area (Å²) in [5, 5.41) is 12.5. The lowest BCUT2D eigenvalue weighted by Crippen LogP contribution is -2.29. The quantitative estimate of drug-likeness (QED) is 0.823. The molecule has 0 radical (unpaired) electrons. The molecule has 0 unspecified atom stereocenters. The molecule has 1 amide bonds. The van der Waals surface area contributed by atoms with Gasteiger partial charge in [0.25, 0.3) is 5.22 Å². The van der Waals surface area contributed by atoms with Gasteiger partial charge in [-0.25, -0.2) is 0 Å². The highest BCUT2D eigenvalue weighted by molar-refractivity contribution is 8.00. The summed E-state index contributed by atoms with van der Waals surface area (Å²) in [7, 11) is 1.85. The molecular weight excluding hydrogens is 322 g/mol. The van der Waals surface area contributed by atoms with Gasteiger partial charge in [0, 0.05) is 19.7 Å². The van der Waals surface area contributed by atoms with Crippen molar-refractivity contribution in [2.24, 2.45) is 7.05 Å². The minimum Gasteiger partial charge on any atom is -0.415 e. The van der Waals surface area contributed by atoms with Crippen LogP contribution in [0, 0.1) is 6.92 Å². The Morgan fingerprint density at radius 3 is 2.95 bits per heavy atom. The van der Waals surface area contributed by atoms with Gasteiger partial charge in [0.1, 0.15) is 5.82 Å². The average Bonchev–Trinajstić information content (AvgIpc) is 3.13. The van der Waals surface area contributed by atoms with Crippen molar-refractivity contribution in [3.63, 3.8) is 0 Å². The van der Waals surface area contributed by atoms with Crippen LogP contribution in [0.2, 0.25) is 0 Å². The first-order chi connectivity index (χ1) is 10.6. The van der Waals surface area contributed by atoms with Gasteiger partial charge >= 0.3 is 0 Å². The molecule has 1 saturated heterocycles. The molecule has 0 N–H and O–H groups in total. The molecule has 2 aromatic rings. The van der Waals surface area contributed by atoms with Crippen molar-refractivity contribution in [3.8, 4) is 0 Å². The summed E-state index contributed by atoms with van der Waals surface area (Å²) >= 11 is 2.97. The Morgan fingerprint density at radius 2 is 2.27 bits per heavy atom. The van der Waals surface area contributed by atoms with Gasteiger partial charge in [-0.3, -0.25) is 14.4 Å². The van der Waals surface area contributed by atoms with Gasteiger partial charge < -0.3 is 4.42 Å². The minimum atomic E-state index is -0.183. The lowest BCUT2D eigenvalue weighted by molar-refractivity contribution is -0.116. The Balaban J connectivity index is 1.69. The highest BCUT2D eigenvalue weighted by Crippen LogP contribution is 2.32. The second-order valence-corrected chi connectivity index (χ2v) is 7.07. The molecule has 1 aliphatic rings. The maximum absolute atomic E-state index is 12.6. The van der Waals surface area contributed by atoms with Crippen molar-refractivity contribution in [3.05, 3.63) is 17.7 Å². The van der Waals surface area contributed by atoms with Crippen LogP contribution in [-0.2, 0) is 17.6 Å². The molecule has 0 bridgehead atoms. The van der Waals surface area contributed by atoms with Crippen molar-refractivity contribution in [2.75, 3.05) is 17.7 Å². The SMILES string of the molecule is CSCc1nnc(S[C@@H]2CCN(c3cc(C)nn3C)C2=O)o1. The number of hydrogen-bond donors (Lipinski definition) is 0. The number of anilines is 1. The zero-order valence-corrected chi connectivity index (χ0v) is 14.3. The van der Waals surface area contributed by atoms with E-state index in [-0.39, 0.29) is 11.2 Å². The summed E-state index contributed by atoms with van der Waals surface area (Å²) in [6.45, 7) is 2.60. The van der Waals surface area contributed by atoms with Crippen LogP contribution in [0.5, 0.6) is 0 Å². The van der Waals surface area contributed by atoms with Crippen molar-refractivity contribution in [2.45, 2.75) is 29.6 Å². The molecule has 22 heavy (non-hydrogen) atoms.